The fraction of sp³-hybridized carbons (Fsp3) is 0.385. The fourth-order valence-corrected chi connectivity index (χ4v) is 4.48. The molecule has 34 heavy (non-hydrogen) atoms. The Bertz CT molecular complexity index is 1120. The molecule has 0 aliphatic carbocycles. The summed E-state index contributed by atoms with van der Waals surface area (Å²) >= 11 is 0. The van der Waals surface area contributed by atoms with E-state index in [9.17, 15) is 4.79 Å². The summed E-state index contributed by atoms with van der Waals surface area (Å²) in [6.45, 7) is 8.73. The lowest BCUT2D eigenvalue weighted by Crippen LogP contribution is -2.38. The molecule has 2 saturated heterocycles. The number of hydrogen-bond acceptors (Lipinski definition) is 6. The number of anilines is 3. The maximum atomic E-state index is 13.3. The van der Waals surface area contributed by atoms with Crippen LogP contribution in [0, 0.1) is 6.92 Å². The summed E-state index contributed by atoms with van der Waals surface area (Å²) in [5.41, 5.74) is 5.55. The number of nitrogens with zero attached hydrogens (tertiary/aromatic N) is 4. The fourth-order valence-electron chi connectivity index (χ4n) is 4.48. The smallest absolute Gasteiger partial charge is 0.259 e. The molecule has 8 nitrogen and oxygen atoms in total. The Kier molecular flexibility index (Phi) is 6.78. The van der Waals surface area contributed by atoms with Gasteiger partial charge in [0.05, 0.1) is 56.1 Å². The van der Waals surface area contributed by atoms with Crippen molar-refractivity contribution in [2.45, 2.75) is 13.5 Å². The molecule has 2 aliphatic heterocycles. The predicted octanol–water partition coefficient (Wildman–Crippen LogP) is 3.17. The second kappa shape index (κ2) is 10.3. The molecule has 5 rings (SSSR count). The summed E-state index contributed by atoms with van der Waals surface area (Å²) in [5.74, 6) is -0.148. The standard InChI is InChI=1S/C26H31N5O3/c1-20-23(18-27-31(20)19-21-5-3-2-4-6-21)26(32)28-24-8-7-22(29-9-13-33-14-10-29)17-25(24)30-11-15-34-16-12-30/h2-8,17-18H,9-16,19H2,1H3,(H,28,32). The van der Waals surface area contributed by atoms with Crippen LogP contribution in [0.5, 0.6) is 0 Å². The number of hydrogen-bond donors (Lipinski definition) is 1. The van der Waals surface area contributed by atoms with Gasteiger partial charge < -0.3 is 24.6 Å². The molecule has 0 unspecified atom stereocenters. The molecule has 3 heterocycles. The number of rotatable bonds is 6. The molecule has 0 radical (unpaired) electrons. The van der Waals surface area contributed by atoms with Crippen LogP contribution < -0.4 is 15.1 Å². The van der Waals surface area contributed by atoms with E-state index in [0.717, 1.165) is 67.7 Å². The third-order valence-corrected chi connectivity index (χ3v) is 6.48. The molecule has 2 aliphatic rings. The van der Waals surface area contributed by atoms with Gasteiger partial charge in [0.1, 0.15) is 0 Å². The molecule has 3 aromatic rings. The molecule has 1 amide bonds. The number of amides is 1. The van der Waals surface area contributed by atoms with Crippen LogP contribution in [0.15, 0.2) is 54.7 Å². The minimum absolute atomic E-state index is 0.148. The zero-order valence-electron chi connectivity index (χ0n) is 19.6. The van der Waals surface area contributed by atoms with Crippen molar-refractivity contribution in [3.05, 3.63) is 71.5 Å². The Labute approximate surface area is 200 Å². The van der Waals surface area contributed by atoms with Gasteiger partial charge in [-0.2, -0.15) is 5.10 Å². The highest BCUT2D eigenvalue weighted by Crippen LogP contribution is 2.32. The van der Waals surface area contributed by atoms with Crippen LogP contribution in [0.3, 0.4) is 0 Å². The van der Waals surface area contributed by atoms with Gasteiger partial charge in [0.15, 0.2) is 0 Å². The minimum Gasteiger partial charge on any atom is -0.378 e. The van der Waals surface area contributed by atoms with E-state index < -0.39 is 0 Å². The number of nitrogens with one attached hydrogen (secondary N) is 1. The number of carbonyl (C=O) groups is 1. The van der Waals surface area contributed by atoms with E-state index in [0.29, 0.717) is 25.3 Å². The Morgan fingerprint density at radius 2 is 1.62 bits per heavy atom. The van der Waals surface area contributed by atoms with Gasteiger partial charge in [0.25, 0.3) is 5.91 Å². The van der Waals surface area contributed by atoms with Gasteiger partial charge in [0.2, 0.25) is 0 Å². The second-order valence-electron chi connectivity index (χ2n) is 8.64. The average molecular weight is 462 g/mol. The van der Waals surface area contributed by atoms with E-state index in [4.69, 9.17) is 9.47 Å². The van der Waals surface area contributed by atoms with Crippen LogP contribution in [0.4, 0.5) is 17.1 Å². The normalized spacial score (nSPS) is 16.5. The Morgan fingerprint density at radius 1 is 0.941 bits per heavy atom. The maximum absolute atomic E-state index is 13.3. The highest BCUT2D eigenvalue weighted by atomic mass is 16.5. The highest BCUT2D eigenvalue weighted by Gasteiger charge is 2.21. The minimum atomic E-state index is -0.148. The Morgan fingerprint density at radius 3 is 2.32 bits per heavy atom. The van der Waals surface area contributed by atoms with Crippen LogP contribution in [0.25, 0.3) is 0 Å². The lowest BCUT2D eigenvalue weighted by molar-refractivity contribution is 0.102. The van der Waals surface area contributed by atoms with Crippen molar-refractivity contribution in [1.82, 2.24) is 9.78 Å². The first-order chi connectivity index (χ1) is 16.7. The van der Waals surface area contributed by atoms with E-state index in [1.165, 1.54) is 0 Å². The zero-order valence-corrected chi connectivity index (χ0v) is 19.6. The predicted molar refractivity (Wildman–Crippen MR) is 133 cm³/mol. The van der Waals surface area contributed by atoms with Gasteiger partial charge in [-0.05, 0) is 30.7 Å². The maximum Gasteiger partial charge on any atom is 0.259 e. The van der Waals surface area contributed by atoms with Crippen molar-refractivity contribution >= 4 is 23.0 Å². The van der Waals surface area contributed by atoms with E-state index >= 15 is 0 Å². The van der Waals surface area contributed by atoms with Crippen molar-refractivity contribution in [3.63, 3.8) is 0 Å². The Balaban J connectivity index is 1.38. The molecule has 0 bridgehead atoms. The molecule has 1 aromatic heterocycles. The summed E-state index contributed by atoms with van der Waals surface area (Å²) in [5, 5.41) is 7.63. The van der Waals surface area contributed by atoms with Crippen molar-refractivity contribution in [1.29, 1.82) is 0 Å². The largest absolute Gasteiger partial charge is 0.378 e. The summed E-state index contributed by atoms with van der Waals surface area (Å²) in [6, 6.07) is 16.4. The second-order valence-corrected chi connectivity index (χ2v) is 8.64. The molecule has 0 saturated carbocycles. The van der Waals surface area contributed by atoms with Gasteiger partial charge in [0, 0.05) is 37.6 Å². The van der Waals surface area contributed by atoms with Crippen LogP contribution >= 0.6 is 0 Å². The summed E-state index contributed by atoms with van der Waals surface area (Å²) in [7, 11) is 0. The van der Waals surface area contributed by atoms with Crippen LogP contribution in [-0.2, 0) is 16.0 Å². The average Bonchev–Trinajstić information content (AvgIpc) is 3.26. The van der Waals surface area contributed by atoms with E-state index in [1.54, 1.807) is 6.20 Å². The van der Waals surface area contributed by atoms with E-state index in [1.807, 2.05) is 35.9 Å². The number of benzene rings is 2. The third-order valence-electron chi connectivity index (χ3n) is 6.48. The molecule has 0 atom stereocenters. The first-order valence-electron chi connectivity index (χ1n) is 11.9. The molecule has 2 fully saturated rings. The molecular formula is C26H31N5O3. The summed E-state index contributed by atoms with van der Waals surface area (Å²) in [6.07, 6.45) is 1.66. The molecule has 1 N–H and O–H groups in total. The molecule has 8 heteroatoms. The number of ether oxygens (including phenoxy) is 2. The SMILES string of the molecule is Cc1c(C(=O)Nc2ccc(N3CCOCC3)cc2N2CCOCC2)cnn1Cc1ccccc1. The molecule has 2 aromatic carbocycles. The number of carbonyl (C=O) groups excluding carboxylic acids is 1. The summed E-state index contributed by atoms with van der Waals surface area (Å²) in [4.78, 5) is 17.9. The topological polar surface area (TPSA) is 71.9 Å². The first kappa shape index (κ1) is 22.4. The van der Waals surface area contributed by atoms with Gasteiger partial charge >= 0.3 is 0 Å². The van der Waals surface area contributed by atoms with E-state index in [-0.39, 0.29) is 5.91 Å². The van der Waals surface area contributed by atoms with Crippen molar-refractivity contribution in [2.75, 3.05) is 67.7 Å². The molecule has 178 valence electrons. The highest BCUT2D eigenvalue weighted by molar-refractivity contribution is 6.06. The number of morpholine rings is 2. The zero-order chi connectivity index (χ0) is 23.3. The molecule has 0 spiro atoms. The van der Waals surface area contributed by atoms with Crippen LogP contribution in [-0.4, -0.2) is 68.3 Å². The van der Waals surface area contributed by atoms with Gasteiger partial charge in [-0.3, -0.25) is 9.48 Å². The van der Waals surface area contributed by atoms with Crippen LogP contribution in [0.1, 0.15) is 21.6 Å². The Hall–Kier alpha value is -3.36. The lowest BCUT2D eigenvalue weighted by Gasteiger charge is -2.33. The van der Waals surface area contributed by atoms with Crippen LogP contribution in [0.2, 0.25) is 0 Å². The number of aromatic nitrogens is 2. The van der Waals surface area contributed by atoms with E-state index in [2.05, 4.69) is 44.5 Å². The van der Waals surface area contributed by atoms with Gasteiger partial charge in [-0.15, -0.1) is 0 Å². The summed E-state index contributed by atoms with van der Waals surface area (Å²) < 4.78 is 12.9. The third kappa shape index (κ3) is 4.93. The first-order valence-corrected chi connectivity index (χ1v) is 11.9. The molecular weight excluding hydrogens is 430 g/mol. The monoisotopic (exact) mass is 461 g/mol. The van der Waals surface area contributed by atoms with Gasteiger partial charge in [-0.25, -0.2) is 0 Å². The lowest BCUT2D eigenvalue weighted by atomic mass is 10.1. The van der Waals surface area contributed by atoms with Crippen molar-refractivity contribution in [3.8, 4) is 0 Å². The van der Waals surface area contributed by atoms with Gasteiger partial charge in [-0.1, -0.05) is 30.3 Å². The van der Waals surface area contributed by atoms with Crippen molar-refractivity contribution < 1.29 is 14.3 Å². The van der Waals surface area contributed by atoms with Crippen molar-refractivity contribution in [2.24, 2.45) is 0 Å². The quantitative estimate of drug-likeness (QED) is 0.608.